The molecule has 1 unspecified atom stereocenters. The Morgan fingerprint density at radius 1 is 0.824 bits per heavy atom. The number of rotatable bonds is 5. The van der Waals surface area contributed by atoms with E-state index in [0.717, 1.165) is 26.8 Å². The highest BCUT2D eigenvalue weighted by molar-refractivity contribution is 6.11. The number of carbonyl (C=O) groups excluding carboxylic acids is 3. The van der Waals surface area contributed by atoms with Gasteiger partial charge in [-0.15, -0.1) is 0 Å². The second kappa shape index (κ2) is 8.48. The van der Waals surface area contributed by atoms with Gasteiger partial charge < -0.3 is 10.6 Å². The van der Waals surface area contributed by atoms with E-state index in [1.807, 2.05) is 84.9 Å². The largest absolute Gasteiger partial charge is 0.325 e. The smallest absolute Gasteiger partial charge is 0.325 e. The highest BCUT2D eigenvalue weighted by Gasteiger charge is 2.50. The third kappa shape index (κ3) is 3.79. The standard InChI is InChI=1S/C28H23N3O3/c1-28(24-13-7-11-21-10-5-6-12-23(21)24)26(33)31(27(34)30-28)18-25(32)29-22-16-14-20(15-17-22)19-8-3-2-4-9-19/h2-17H,18H2,1H3,(H,29,32)(H,30,34). The first-order valence-corrected chi connectivity index (χ1v) is 11.0. The number of amides is 4. The van der Waals surface area contributed by atoms with Gasteiger partial charge in [0.2, 0.25) is 5.91 Å². The van der Waals surface area contributed by atoms with Crippen LogP contribution in [0.2, 0.25) is 0 Å². The molecule has 34 heavy (non-hydrogen) atoms. The summed E-state index contributed by atoms with van der Waals surface area (Å²) in [4.78, 5) is 39.7. The third-order valence-corrected chi connectivity index (χ3v) is 6.18. The Balaban J connectivity index is 1.31. The monoisotopic (exact) mass is 449 g/mol. The van der Waals surface area contributed by atoms with E-state index < -0.39 is 23.4 Å². The van der Waals surface area contributed by atoms with Crippen LogP contribution in [0.3, 0.4) is 0 Å². The Morgan fingerprint density at radius 3 is 2.24 bits per heavy atom. The van der Waals surface area contributed by atoms with Crippen LogP contribution in [0.15, 0.2) is 97.1 Å². The Kier molecular flexibility index (Phi) is 5.34. The molecule has 0 radical (unpaired) electrons. The van der Waals surface area contributed by atoms with Crippen molar-refractivity contribution in [2.24, 2.45) is 0 Å². The summed E-state index contributed by atoms with van der Waals surface area (Å²) in [6.07, 6.45) is 0. The van der Waals surface area contributed by atoms with Gasteiger partial charge in [-0.2, -0.15) is 0 Å². The average Bonchev–Trinajstić information content (AvgIpc) is 3.08. The molecule has 1 aliphatic heterocycles. The van der Waals surface area contributed by atoms with Gasteiger partial charge in [0.15, 0.2) is 0 Å². The summed E-state index contributed by atoms with van der Waals surface area (Å²) >= 11 is 0. The van der Waals surface area contributed by atoms with Crippen LogP contribution in [-0.4, -0.2) is 29.3 Å². The second-order valence-corrected chi connectivity index (χ2v) is 8.46. The van der Waals surface area contributed by atoms with Crippen molar-refractivity contribution in [1.29, 1.82) is 0 Å². The van der Waals surface area contributed by atoms with Crippen molar-refractivity contribution in [3.63, 3.8) is 0 Å². The number of benzene rings is 4. The number of anilines is 1. The van der Waals surface area contributed by atoms with Crippen molar-refractivity contribution in [3.05, 3.63) is 103 Å². The zero-order valence-electron chi connectivity index (χ0n) is 18.6. The molecule has 5 rings (SSSR count). The number of nitrogens with one attached hydrogen (secondary N) is 2. The molecule has 0 aliphatic carbocycles. The van der Waals surface area contributed by atoms with Crippen LogP contribution in [-0.2, 0) is 15.1 Å². The van der Waals surface area contributed by atoms with Crippen molar-refractivity contribution >= 4 is 34.3 Å². The second-order valence-electron chi connectivity index (χ2n) is 8.46. The van der Waals surface area contributed by atoms with Gasteiger partial charge in [0.05, 0.1) is 0 Å². The van der Waals surface area contributed by atoms with E-state index in [2.05, 4.69) is 10.6 Å². The van der Waals surface area contributed by atoms with Crippen LogP contribution in [0.4, 0.5) is 10.5 Å². The van der Waals surface area contributed by atoms with Gasteiger partial charge in [-0.3, -0.25) is 14.5 Å². The van der Waals surface area contributed by atoms with Crippen LogP contribution in [0, 0.1) is 0 Å². The predicted octanol–water partition coefficient (Wildman–Crippen LogP) is 4.91. The number of fused-ring (bicyclic) bond motifs is 1. The first-order valence-electron chi connectivity index (χ1n) is 11.0. The van der Waals surface area contributed by atoms with Gasteiger partial charge in [0.1, 0.15) is 12.1 Å². The molecule has 0 saturated carbocycles. The molecule has 0 spiro atoms. The van der Waals surface area contributed by atoms with Gasteiger partial charge in [-0.05, 0) is 46.5 Å². The lowest BCUT2D eigenvalue weighted by molar-refractivity contribution is -0.133. The Labute approximate surface area is 197 Å². The molecule has 6 heteroatoms. The van der Waals surface area contributed by atoms with Gasteiger partial charge >= 0.3 is 6.03 Å². The molecular formula is C28H23N3O3. The normalized spacial score (nSPS) is 17.6. The number of nitrogens with zero attached hydrogens (tertiary/aromatic N) is 1. The molecule has 168 valence electrons. The molecule has 1 aliphatic rings. The minimum absolute atomic E-state index is 0.370. The van der Waals surface area contributed by atoms with Gasteiger partial charge in [-0.25, -0.2) is 4.79 Å². The molecule has 2 N–H and O–H groups in total. The fraction of sp³-hybridized carbons (Fsp3) is 0.107. The zero-order valence-corrected chi connectivity index (χ0v) is 18.6. The van der Waals surface area contributed by atoms with E-state index in [1.54, 1.807) is 19.1 Å². The summed E-state index contributed by atoms with van der Waals surface area (Å²) in [5, 5.41) is 7.41. The lowest BCUT2D eigenvalue weighted by Crippen LogP contribution is -2.42. The lowest BCUT2D eigenvalue weighted by atomic mass is 9.88. The molecule has 4 aromatic carbocycles. The SMILES string of the molecule is CC1(c2cccc3ccccc23)NC(=O)N(CC(=O)Nc2ccc(-c3ccccc3)cc2)C1=O. The van der Waals surface area contributed by atoms with Gasteiger partial charge in [-0.1, -0.05) is 84.9 Å². The molecule has 1 heterocycles. The first-order chi connectivity index (χ1) is 16.5. The number of hydrogen-bond donors (Lipinski definition) is 2. The van der Waals surface area contributed by atoms with E-state index in [0.29, 0.717) is 11.3 Å². The summed E-state index contributed by atoms with van der Waals surface area (Å²) < 4.78 is 0. The lowest BCUT2D eigenvalue weighted by Gasteiger charge is -2.24. The van der Waals surface area contributed by atoms with Crippen LogP contribution in [0.1, 0.15) is 12.5 Å². The number of carbonyl (C=O) groups is 3. The fourth-order valence-electron chi connectivity index (χ4n) is 4.41. The Bertz CT molecular complexity index is 1390. The van der Waals surface area contributed by atoms with E-state index in [9.17, 15) is 14.4 Å². The topological polar surface area (TPSA) is 78.5 Å². The van der Waals surface area contributed by atoms with Crippen LogP contribution < -0.4 is 10.6 Å². The highest BCUT2D eigenvalue weighted by atomic mass is 16.2. The maximum Gasteiger partial charge on any atom is 0.325 e. The van der Waals surface area contributed by atoms with Crippen molar-refractivity contribution < 1.29 is 14.4 Å². The van der Waals surface area contributed by atoms with Crippen molar-refractivity contribution in [2.75, 3.05) is 11.9 Å². The summed E-state index contributed by atoms with van der Waals surface area (Å²) in [5.41, 5.74) is 2.14. The highest BCUT2D eigenvalue weighted by Crippen LogP contribution is 2.33. The first kappa shape index (κ1) is 21.4. The van der Waals surface area contributed by atoms with Crippen molar-refractivity contribution in [1.82, 2.24) is 10.2 Å². The van der Waals surface area contributed by atoms with Gasteiger partial charge in [0.25, 0.3) is 5.91 Å². The molecular weight excluding hydrogens is 426 g/mol. The maximum absolute atomic E-state index is 13.3. The fourth-order valence-corrected chi connectivity index (χ4v) is 4.41. The molecule has 6 nitrogen and oxygen atoms in total. The summed E-state index contributed by atoms with van der Waals surface area (Å²) in [7, 11) is 0. The minimum Gasteiger partial charge on any atom is -0.325 e. The molecule has 1 saturated heterocycles. The van der Waals surface area contributed by atoms with Crippen LogP contribution in [0.25, 0.3) is 21.9 Å². The van der Waals surface area contributed by atoms with Crippen LogP contribution >= 0.6 is 0 Å². The Hall–Kier alpha value is -4.45. The number of imide groups is 1. The summed E-state index contributed by atoms with van der Waals surface area (Å²) in [5.74, 6) is -0.901. The number of urea groups is 1. The van der Waals surface area contributed by atoms with E-state index in [1.165, 1.54) is 0 Å². The van der Waals surface area contributed by atoms with E-state index in [4.69, 9.17) is 0 Å². The minimum atomic E-state index is -1.25. The van der Waals surface area contributed by atoms with E-state index >= 15 is 0 Å². The average molecular weight is 450 g/mol. The Morgan fingerprint density at radius 2 is 1.47 bits per heavy atom. The zero-order chi connectivity index (χ0) is 23.7. The molecule has 0 aromatic heterocycles. The van der Waals surface area contributed by atoms with Crippen LogP contribution in [0.5, 0.6) is 0 Å². The van der Waals surface area contributed by atoms with E-state index in [-0.39, 0.29) is 6.54 Å². The molecule has 4 aromatic rings. The summed E-state index contributed by atoms with van der Waals surface area (Å²) in [6, 6.07) is 30.1. The predicted molar refractivity (Wildman–Crippen MR) is 132 cm³/mol. The quantitative estimate of drug-likeness (QED) is 0.425. The molecule has 1 fully saturated rings. The van der Waals surface area contributed by atoms with Crippen molar-refractivity contribution in [2.45, 2.75) is 12.5 Å². The van der Waals surface area contributed by atoms with Gasteiger partial charge in [0, 0.05) is 5.69 Å². The molecule has 4 amide bonds. The number of hydrogen-bond acceptors (Lipinski definition) is 3. The van der Waals surface area contributed by atoms with Crippen molar-refractivity contribution in [3.8, 4) is 11.1 Å². The third-order valence-electron chi connectivity index (χ3n) is 6.18. The summed E-state index contributed by atoms with van der Waals surface area (Å²) in [6.45, 7) is 1.31. The molecule has 1 atom stereocenters. The molecule has 0 bridgehead atoms. The maximum atomic E-state index is 13.3.